The van der Waals surface area contributed by atoms with Crippen molar-refractivity contribution in [2.75, 3.05) is 13.1 Å². The fourth-order valence-corrected chi connectivity index (χ4v) is 4.22. The smallest absolute Gasteiger partial charge is 0.279 e. The zero-order valence-corrected chi connectivity index (χ0v) is 16.2. The highest BCUT2D eigenvalue weighted by Gasteiger charge is 2.29. The maximum absolute atomic E-state index is 12.4. The van der Waals surface area contributed by atoms with Gasteiger partial charge in [-0.05, 0) is 43.9 Å². The quantitative estimate of drug-likeness (QED) is 0.786. The van der Waals surface area contributed by atoms with Crippen molar-refractivity contribution < 1.29 is 18.8 Å². The highest BCUT2D eigenvalue weighted by atomic mass is 32.1. The summed E-state index contributed by atoms with van der Waals surface area (Å²) >= 11 is 1.43. The van der Waals surface area contributed by atoms with Crippen LogP contribution in [0.15, 0.2) is 29.1 Å². The van der Waals surface area contributed by atoms with Gasteiger partial charge in [0.05, 0.1) is 22.6 Å². The van der Waals surface area contributed by atoms with E-state index < -0.39 is 0 Å². The van der Waals surface area contributed by atoms with Crippen LogP contribution >= 0.6 is 11.3 Å². The van der Waals surface area contributed by atoms with Crippen molar-refractivity contribution in [3.8, 4) is 0 Å². The molecule has 1 atom stereocenters. The fraction of sp³-hybridized carbons (Fsp3) is 0.421. The van der Waals surface area contributed by atoms with Crippen LogP contribution < -0.4 is 10.9 Å². The number of rotatable bonds is 4. The first-order valence-corrected chi connectivity index (χ1v) is 9.82. The largest absolute Gasteiger partial charge is 0.472 e. The Bertz CT molecular complexity index is 828. The van der Waals surface area contributed by atoms with Crippen LogP contribution in [0.2, 0.25) is 0 Å². The lowest BCUT2D eigenvalue weighted by molar-refractivity contribution is -0.127. The molecule has 0 saturated carbocycles. The molecule has 0 radical (unpaired) electrons. The maximum Gasteiger partial charge on any atom is 0.279 e. The van der Waals surface area contributed by atoms with E-state index in [-0.39, 0.29) is 23.6 Å². The third-order valence-electron chi connectivity index (χ3n) is 4.71. The molecule has 7 nitrogen and oxygen atoms in total. The third kappa shape index (κ3) is 4.39. The van der Waals surface area contributed by atoms with Gasteiger partial charge in [-0.25, -0.2) is 0 Å². The van der Waals surface area contributed by atoms with Gasteiger partial charge in [0.15, 0.2) is 0 Å². The van der Waals surface area contributed by atoms with Crippen molar-refractivity contribution in [2.45, 2.75) is 33.1 Å². The number of piperidine rings is 1. The van der Waals surface area contributed by atoms with Crippen LogP contribution in [-0.2, 0) is 11.2 Å². The summed E-state index contributed by atoms with van der Waals surface area (Å²) in [7, 11) is 0. The number of carbonyl (C=O) groups is 3. The number of likely N-dealkylation sites (tertiary alicyclic amines) is 1. The number of hydrazine groups is 1. The molecule has 1 aliphatic rings. The molecule has 8 heteroatoms. The number of amides is 3. The number of nitrogens with zero attached hydrogens (tertiary/aromatic N) is 1. The van der Waals surface area contributed by atoms with Crippen LogP contribution in [0.1, 0.15) is 50.2 Å². The summed E-state index contributed by atoms with van der Waals surface area (Å²) in [5.74, 6) is -1.10. The molecule has 1 aliphatic heterocycles. The number of carbonyl (C=O) groups excluding carboxylic acids is 3. The van der Waals surface area contributed by atoms with Crippen LogP contribution in [0, 0.1) is 12.8 Å². The second-order valence-corrected chi connectivity index (χ2v) is 7.75. The lowest BCUT2D eigenvalue weighted by Crippen LogP contribution is -2.49. The van der Waals surface area contributed by atoms with E-state index in [0.29, 0.717) is 30.0 Å². The van der Waals surface area contributed by atoms with Crippen LogP contribution in [0.4, 0.5) is 0 Å². The molecule has 0 aromatic carbocycles. The molecule has 3 amide bonds. The van der Waals surface area contributed by atoms with Crippen LogP contribution in [0.5, 0.6) is 0 Å². The summed E-state index contributed by atoms with van der Waals surface area (Å²) in [5, 5.41) is 0. The molecule has 2 N–H and O–H groups in total. The molecule has 3 heterocycles. The predicted octanol–water partition coefficient (Wildman–Crippen LogP) is 2.53. The molecule has 0 aliphatic carbocycles. The van der Waals surface area contributed by atoms with E-state index in [9.17, 15) is 14.4 Å². The van der Waals surface area contributed by atoms with E-state index in [0.717, 1.165) is 23.3 Å². The Morgan fingerprint density at radius 3 is 2.81 bits per heavy atom. The van der Waals surface area contributed by atoms with Gasteiger partial charge in [0.2, 0.25) is 5.91 Å². The summed E-state index contributed by atoms with van der Waals surface area (Å²) in [6.45, 7) is 4.94. The maximum atomic E-state index is 12.4. The number of hydrogen-bond acceptors (Lipinski definition) is 5. The lowest BCUT2D eigenvalue weighted by atomic mass is 9.97. The number of furan rings is 1. The van der Waals surface area contributed by atoms with Gasteiger partial charge in [0, 0.05) is 18.0 Å². The van der Waals surface area contributed by atoms with Crippen molar-refractivity contribution in [3.63, 3.8) is 0 Å². The van der Waals surface area contributed by atoms with Gasteiger partial charge in [0.1, 0.15) is 6.26 Å². The molecule has 0 spiro atoms. The van der Waals surface area contributed by atoms with Crippen molar-refractivity contribution in [3.05, 3.63) is 45.5 Å². The van der Waals surface area contributed by atoms with E-state index in [1.165, 1.54) is 23.9 Å². The molecule has 3 rings (SSSR count). The Kier molecular flexibility index (Phi) is 5.95. The van der Waals surface area contributed by atoms with E-state index in [1.807, 2.05) is 19.9 Å². The lowest BCUT2D eigenvalue weighted by Gasteiger charge is -2.31. The van der Waals surface area contributed by atoms with Crippen molar-refractivity contribution in [1.82, 2.24) is 15.8 Å². The standard InChI is InChI=1S/C19H23N3O4S/c1-3-15-12(2)9-16(27-15)18(24)21-20-17(23)13-5-4-7-22(10-13)19(25)14-6-8-26-11-14/h6,8-9,11,13H,3-5,7,10H2,1-2H3,(H,20,23)(H,21,24). The number of thiophene rings is 1. The Morgan fingerprint density at radius 2 is 2.15 bits per heavy atom. The number of aryl methyl sites for hydroxylation is 2. The van der Waals surface area contributed by atoms with E-state index in [1.54, 1.807) is 11.0 Å². The molecule has 144 valence electrons. The first-order valence-electron chi connectivity index (χ1n) is 9.00. The van der Waals surface area contributed by atoms with E-state index in [2.05, 4.69) is 10.9 Å². The van der Waals surface area contributed by atoms with Gasteiger partial charge in [-0.2, -0.15) is 0 Å². The number of nitrogens with one attached hydrogen (secondary N) is 2. The molecule has 2 aromatic rings. The van der Waals surface area contributed by atoms with Crippen molar-refractivity contribution >= 4 is 29.1 Å². The molecule has 2 aromatic heterocycles. The van der Waals surface area contributed by atoms with Crippen LogP contribution in [0.3, 0.4) is 0 Å². The highest BCUT2D eigenvalue weighted by Crippen LogP contribution is 2.22. The van der Waals surface area contributed by atoms with E-state index >= 15 is 0 Å². The SMILES string of the molecule is CCc1sc(C(=O)NNC(=O)C2CCCN(C(=O)c3ccoc3)C2)cc1C. The number of hydrogen-bond donors (Lipinski definition) is 2. The van der Waals surface area contributed by atoms with Gasteiger partial charge in [-0.1, -0.05) is 6.92 Å². The molecule has 0 bridgehead atoms. The summed E-state index contributed by atoms with van der Waals surface area (Å²) in [6, 6.07) is 3.44. The second-order valence-electron chi connectivity index (χ2n) is 6.62. The Labute approximate surface area is 161 Å². The molecule has 1 fully saturated rings. The first kappa shape index (κ1) is 19.2. The summed E-state index contributed by atoms with van der Waals surface area (Å²) in [4.78, 5) is 40.5. The average Bonchev–Trinajstić information content (AvgIpc) is 3.35. The van der Waals surface area contributed by atoms with Gasteiger partial charge >= 0.3 is 0 Å². The molecule has 1 saturated heterocycles. The zero-order valence-electron chi connectivity index (χ0n) is 15.4. The normalized spacial score (nSPS) is 16.8. The third-order valence-corrected chi connectivity index (χ3v) is 6.09. The summed E-state index contributed by atoms with van der Waals surface area (Å²) in [6.07, 6.45) is 5.14. The zero-order chi connectivity index (χ0) is 19.4. The van der Waals surface area contributed by atoms with Gasteiger partial charge in [0.25, 0.3) is 11.8 Å². The monoisotopic (exact) mass is 389 g/mol. The van der Waals surface area contributed by atoms with Crippen molar-refractivity contribution in [1.29, 1.82) is 0 Å². The first-order chi connectivity index (χ1) is 13.0. The average molecular weight is 389 g/mol. The van der Waals surface area contributed by atoms with Gasteiger partial charge in [-0.15, -0.1) is 11.3 Å². The Balaban J connectivity index is 1.54. The van der Waals surface area contributed by atoms with Gasteiger partial charge in [-0.3, -0.25) is 25.2 Å². The molecule has 27 heavy (non-hydrogen) atoms. The molecular formula is C19H23N3O4S. The minimum atomic E-state index is -0.355. The minimum Gasteiger partial charge on any atom is -0.472 e. The topological polar surface area (TPSA) is 91.7 Å². The van der Waals surface area contributed by atoms with Crippen molar-refractivity contribution in [2.24, 2.45) is 5.92 Å². The second kappa shape index (κ2) is 8.39. The molecular weight excluding hydrogens is 366 g/mol. The van der Waals surface area contributed by atoms with Gasteiger partial charge < -0.3 is 9.32 Å². The van der Waals surface area contributed by atoms with Crippen LogP contribution in [0.25, 0.3) is 0 Å². The highest BCUT2D eigenvalue weighted by molar-refractivity contribution is 7.14. The fourth-order valence-electron chi connectivity index (χ4n) is 3.21. The Hall–Kier alpha value is -2.61. The summed E-state index contributed by atoms with van der Waals surface area (Å²) in [5.41, 5.74) is 6.55. The van der Waals surface area contributed by atoms with E-state index in [4.69, 9.17) is 4.42 Å². The Morgan fingerprint density at radius 1 is 1.33 bits per heavy atom. The molecule has 1 unspecified atom stereocenters. The minimum absolute atomic E-state index is 0.147. The van der Waals surface area contributed by atoms with Crippen LogP contribution in [-0.4, -0.2) is 35.7 Å². The summed E-state index contributed by atoms with van der Waals surface area (Å²) < 4.78 is 4.95. The predicted molar refractivity (Wildman–Crippen MR) is 101 cm³/mol.